The third-order valence-corrected chi connectivity index (χ3v) is 3.47. The van der Waals surface area contributed by atoms with Gasteiger partial charge in [0.2, 0.25) is 6.79 Å². The van der Waals surface area contributed by atoms with Gasteiger partial charge in [0.25, 0.3) is 5.91 Å². The first kappa shape index (κ1) is 16.0. The van der Waals surface area contributed by atoms with Crippen molar-refractivity contribution < 1.29 is 27.8 Å². The molecule has 24 heavy (non-hydrogen) atoms. The molecule has 0 radical (unpaired) electrons. The summed E-state index contributed by atoms with van der Waals surface area (Å²) in [7, 11) is 0. The Bertz CT molecular complexity index is 766. The highest BCUT2D eigenvalue weighted by atomic mass is 19.1. The zero-order valence-electron chi connectivity index (χ0n) is 12.8. The molecule has 1 amide bonds. The van der Waals surface area contributed by atoms with Gasteiger partial charge < -0.3 is 19.5 Å². The highest BCUT2D eigenvalue weighted by Crippen LogP contribution is 2.35. The molecular weight excluding hydrogens is 320 g/mol. The number of carbonyl (C=O) groups excluding carboxylic acids is 1. The number of ether oxygens (including phenoxy) is 3. The lowest BCUT2D eigenvalue weighted by Gasteiger charge is -2.17. The van der Waals surface area contributed by atoms with Crippen LogP contribution in [0.15, 0.2) is 36.4 Å². The van der Waals surface area contributed by atoms with E-state index in [4.69, 9.17) is 14.2 Å². The molecule has 0 spiro atoms. The van der Waals surface area contributed by atoms with E-state index in [0.717, 1.165) is 12.1 Å². The summed E-state index contributed by atoms with van der Waals surface area (Å²) in [6, 6.07) is 7.89. The molecule has 1 aliphatic heterocycles. The van der Waals surface area contributed by atoms with E-state index in [9.17, 15) is 13.6 Å². The van der Waals surface area contributed by atoms with Crippen LogP contribution < -0.4 is 19.5 Å². The number of hydrogen-bond donors (Lipinski definition) is 1. The van der Waals surface area contributed by atoms with Crippen molar-refractivity contribution >= 4 is 11.6 Å². The largest absolute Gasteiger partial charge is 0.480 e. The molecule has 0 fully saturated rings. The maximum atomic E-state index is 13.6. The Morgan fingerprint density at radius 3 is 2.75 bits per heavy atom. The van der Waals surface area contributed by atoms with Gasteiger partial charge in [-0.25, -0.2) is 8.78 Å². The van der Waals surface area contributed by atoms with E-state index in [1.165, 1.54) is 0 Å². The van der Waals surface area contributed by atoms with Crippen LogP contribution in [-0.4, -0.2) is 18.8 Å². The summed E-state index contributed by atoms with van der Waals surface area (Å²) in [5.41, 5.74) is -0.103. The number of benzene rings is 2. The maximum absolute atomic E-state index is 13.6. The molecule has 7 heteroatoms. The van der Waals surface area contributed by atoms with Crippen LogP contribution >= 0.6 is 0 Å². The number of halogens is 2. The van der Waals surface area contributed by atoms with Crippen molar-refractivity contribution in [1.29, 1.82) is 0 Å². The van der Waals surface area contributed by atoms with Gasteiger partial charge in [-0.1, -0.05) is 6.92 Å². The molecule has 2 aromatic carbocycles. The molecular formula is C17H15F2NO4. The van der Waals surface area contributed by atoms with E-state index >= 15 is 0 Å². The summed E-state index contributed by atoms with van der Waals surface area (Å²) >= 11 is 0. The molecule has 3 rings (SSSR count). The van der Waals surface area contributed by atoms with Gasteiger partial charge in [-0.15, -0.1) is 0 Å². The van der Waals surface area contributed by atoms with E-state index in [2.05, 4.69) is 5.32 Å². The van der Waals surface area contributed by atoms with Crippen molar-refractivity contribution in [2.75, 3.05) is 12.1 Å². The van der Waals surface area contributed by atoms with Crippen LogP contribution in [0.1, 0.15) is 13.3 Å². The standard InChI is InChI=1S/C17H15F2NO4/c1-2-14(17(21)20-13-5-3-10(18)7-12(13)19)24-11-4-6-15-16(8-11)23-9-22-15/h3-8,14H,2,9H2,1H3,(H,20,21). The molecule has 1 heterocycles. The third kappa shape index (κ3) is 3.40. The fourth-order valence-corrected chi connectivity index (χ4v) is 2.24. The predicted octanol–water partition coefficient (Wildman–Crippen LogP) is 3.49. The lowest BCUT2D eigenvalue weighted by molar-refractivity contribution is -0.122. The van der Waals surface area contributed by atoms with Crippen molar-refractivity contribution in [3.63, 3.8) is 0 Å². The molecule has 5 nitrogen and oxygen atoms in total. The number of anilines is 1. The molecule has 1 N–H and O–H groups in total. The van der Waals surface area contributed by atoms with E-state index in [-0.39, 0.29) is 12.5 Å². The number of hydrogen-bond acceptors (Lipinski definition) is 4. The monoisotopic (exact) mass is 335 g/mol. The summed E-state index contributed by atoms with van der Waals surface area (Å²) in [6.07, 6.45) is -0.474. The summed E-state index contributed by atoms with van der Waals surface area (Å²) in [5.74, 6) is -0.516. The molecule has 0 aromatic heterocycles. The molecule has 1 unspecified atom stereocenters. The number of carbonyl (C=O) groups is 1. The lowest BCUT2D eigenvalue weighted by Crippen LogP contribution is -2.32. The molecule has 1 aliphatic rings. The van der Waals surface area contributed by atoms with Crippen molar-refractivity contribution in [2.24, 2.45) is 0 Å². The second-order valence-electron chi connectivity index (χ2n) is 5.14. The fraction of sp³-hybridized carbons (Fsp3) is 0.235. The van der Waals surface area contributed by atoms with Gasteiger partial charge in [0, 0.05) is 12.1 Å². The van der Waals surface area contributed by atoms with Crippen LogP contribution in [0.2, 0.25) is 0 Å². The van der Waals surface area contributed by atoms with E-state index in [0.29, 0.717) is 29.7 Å². The van der Waals surface area contributed by atoms with Crippen LogP contribution in [0.3, 0.4) is 0 Å². The minimum Gasteiger partial charge on any atom is -0.480 e. The van der Waals surface area contributed by atoms with Crippen LogP contribution in [0.25, 0.3) is 0 Å². The average Bonchev–Trinajstić information content (AvgIpc) is 3.02. The number of fused-ring (bicyclic) bond motifs is 1. The van der Waals surface area contributed by atoms with Crippen LogP contribution in [0.4, 0.5) is 14.5 Å². The Morgan fingerprint density at radius 2 is 2.00 bits per heavy atom. The zero-order valence-corrected chi connectivity index (χ0v) is 12.8. The van der Waals surface area contributed by atoms with Gasteiger partial charge in [0.05, 0.1) is 5.69 Å². The molecule has 0 aliphatic carbocycles. The van der Waals surface area contributed by atoms with Gasteiger partial charge in [0.1, 0.15) is 17.4 Å². The molecule has 0 bridgehead atoms. The second kappa shape index (κ2) is 6.74. The number of nitrogens with one attached hydrogen (secondary N) is 1. The molecule has 1 atom stereocenters. The van der Waals surface area contributed by atoms with E-state index < -0.39 is 23.6 Å². The topological polar surface area (TPSA) is 56.8 Å². The quantitative estimate of drug-likeness (QED) is 0.909. The summed E-state index contributed by atoms with van der Waals surface area (Å²) in [4.78, 5) is 12.3. The van der Waals surface area contributed by atoms with Gasteiger partial charge in [0.15, 0.2) is 17.6 Å². The van der Waals surface area contributed by atoms with Crippen LogP contribution in [0, 0.1) is 11.6 Å². The van der Waals surface area contributed by atoms with Crippen molar-refractivity contribution in [3.05, 3.63) is 48.0 Å². The summed E-state index contributed by atoms with van der Waals surface area (Å²) in [6.45, 7) is 1.90. The predicted molar refractivity (Wildman–Crippen MR) is 82.3 cm³/mol. The molecule has 0 saturated heterocycles. The molecule has 2 aromatic rings. The van der Waals surface area contributed by atoms with Gasteiger partial charge in [-0.2, -0.15) is 0 Å². The fourth-order valence-electron chi connectivity index (χ4n) is 2.24. The lowest BCUT2D eigenvalue weighted by atomic mass is 10.2. The Morgan fingerprint density at radius 1 is 1.21 bits per heavy atom. The minimum atomic E-state index is -0.846. The van der Waals surface area contributed by atoms with Gasteiger partial charge in [-0.3, -0.25) is 4.79 Å². The first-order chi connectivity index (χ1) is 11.6. The first-order valence-electron chi connectivity index (χ1n) is 7.39. The van der Waals surface area contributed by atoms with Crippen molar-refractivity contribution in [2.45, 2.75) is 19.4 Å². The minimum absolute atomic E-state index is 0.103. The van der Waals surface area contributed by atoms with E-state index in [1.54, 1.807) is 25.1 Å². The smallest absolute Gasteiger partial charge is 0.265 e. The van der Waals surface area contributed by atoms with Crippen molar-refractivity contribution in [1.82, 2.24) is 0 Å². The van der Waals surface area contributed by atoms with Crippen LogP contribution in [0.5, 0.6) is 17.2 Å². The maximum Gasteiger partial charge on any atom is 0.265 e. The second-order valence-corrected chi connectivity index (χ2v) is 5.14. The Hall–Kier alpha value is -2.83. The van der Waals surface area contributed by atoms with Crippen LogP contribution in [-0.2, 0) is 4.79 Å². The third-order valence-electron chi connectivity index (χ3n) is 3.47. The number of amides is 1. The van der Waals surface area contributed by atoms with E-state index in [1.807, 2.05) is 0 Å². The molecule has 126 valence electrons. The first-order valence-corrected chi connectivity index (χ1v) is 7.39. The van der Waals surface area contributed by atoms with Crippen molar-refractivity contribution in [3.8, 4) is 17.2 Å². The normalized spacial score (nSPS) is 13.5. The van der Waals surface area contributed by atoms with Gasteiger partial charge in [-0.05, 0) is 30.7 Å². The SMILES string of the molecule is CCC(Oc1ccc2c(c1)OCO2)C(=O)Nc1ccc(F)cc1F. The highest BCUT2D eigenvalue weighted by Gasteiger charge is 2.21. The zero-order chi connectivity index (χ0) is 17.1. The Kier molecular flexibility index (Phi) is 4.50. The summed E-state index contributed by atoms with van der Waals surface area (Å²) < 4.78 is 42.6. The Labute approximate surface area is 137 Å². The average molecular weight is 335 g/mol. The van der Waals surface area contributed by atoms with Gasteiger partial charge >= 0.3 is 0 Å². The molecule has 0 saturated carbocycles. The highest BCUT2D eigenvalue weighted by molar-refractivity contribution is 5.94. The number of rotatable bonds is 5. The Balaban J connectivity index is 1.70. The summed E-state index contributed by atoms with van der Waals surface area (Å²) in [5, 5.41) is 2.40.